The first-order valence-electron chi connectivity index (χ1n) is 10.4. The topological polar surface area (TPSA) is 0 Å². The van der Waals surface area contributed by atoms with Crippen molar-refractivity contribution in [1.29, 1.82) is 0 Å². The average molecular weight is 380 g/mol. The van der Waals surface area contributed by atoms with Gasteiger partial charge in [0.05, 0.1) is 0 Å². The fourth-order valence-electron chi connectivity index (χ4n) is 4.60. The first-order valence-corrected chi connectivity index (χ1v) is 10.4. The third-order valence-corrected chi connectivity index (χ3v) is 6.05. The van der Waals surface area contributed by atoms with Gasteiger partial charge in [0.15, 0.2) is 0 Å². The smallest absolute Gasteiger partial charge is 0.00987 e. The molecule has 6 rings (SSSR count). The quantitative estimate of drug-likeness (QED) is 0.289. The lowest BCUT2D eigenvalue weighted by Gasteiger charge is -2.16. The number of benzene rings is 4. The van der Waals surface area contributed by atoms with Gasteiger partial charge in [-0.25, -0.2) is 0 Å². The van der Waals surface area contributed by atoms with Gasteiger partial charge in [0.2, 0.25) is 0 Å². The summed E-state index contributed by atoms with van der Waals surface area (Å²) in [6.45, 7) is 0. The second-order valence-electron chi connectivity index (χ2n) is 7.80. The molecule has 0 saturated carbocycles. The van der Waals surface area contributed by atoms with Crippen molar-refractivity contribution >= 4 is 44.8 Å². The van der Waals surface area contributed by atoms with E-state index in [1.807, 2.05) is 0 Å². The van der Waals surface area contributed by atoms with Crippen molar-refractivity contribution in [2.24, 2.45) is 0 Å². The molecule has 0 saturated heterocycles. The summed E-state index contributed by atoms with van der Waals surface area (Å²) in [6.07, 6.45) is 17.6. The average Bonchev–Trinajstić information content (AvgIpc) is 3.13. The van der Waals surface area contributed by atoms with Gasteiger partial charge in [-0.3, -0.25) is 0 Å². The summed E-state index contributed by atoms with van der Waals surface area (Å²) < 4.78 is 0. The van der Waals surface area contributed by atoms with Crippen LogP contribution in [-0.4, -0.2) is 0 Å². The molecule has 2 aliphatic carbocycles. The molecule has 0 amide bonds. The maximum Gasteiger partial charge on any atom is -0.00987 e. The Labute approximate surface area is 176 Å². The summed E-state index contributed by atoms with van der Waals surface area (Å²) in [7, 11) is 0. The normalized spacial score (nSPS) is 17.1. The number of fused-ring (bicyclic) bond motifs is 5. The van der Waals surface area contributed by atoms with Gasteiger partial charge >= 0.3 is 0 Å². The van der Waals surface area contributed by atoms with Gasteiger partial charge in [-0.05, 0) is 67.1 Å². The molecule has 0 heterocycles. The highest BCUT2D eigenvalue weighted by Gasteiger charge is 2.16. The molecule has 0 atom stereocenters. The standard InChI is InChI=1S/C30H20/c1-2-11-23-20-30-24(19-22(23)10-1)12-4-6-16-28(30)27-15-8-7-14-26-25-13-5-3-9-21(25)17-18-29(26)27/h1-20H/b28-27-. The summed E-state index contributed by atoms with van der Waals surface area (Å²) in [6, 6.07) is 26.4. The Kier molecular flexibility index (Phi) is 3.89. The molecule has 0 heteroatoms. The first-order chi connectivity index (χ1) is 14.9. The molecule has 4 aromatic rings. The molecule has 30 heavy (non-hydrogen) atoms. The molecule has 0 aliphatic heterocycles. The molecule has 0 radical (unpaired) electrons. The lowest BCUT2D eigenvalue weighted by molar-refractivity contribution is 1.60. The van der Waals surface area contributed by atoms with Crippen LogP contribution in [0.2, 0.25) is 0 Å². The number of hydrogen-bond donors (Lipinski definition) is 0. The molecule has 0 fully saturated rings. The summed E-state index contributed by atoms with van der Waals surface area (Å²) in [5, 5.41) is 5.11. The zero-order chi connectivity index (χ0) is 19.9. The van der Waals surface area contributed by atoms with Gasteiger partial charge in [-0.15, -0.1) is 0 Å². The van der Waals surface area contributed by atoms with Crippen molar-refractivity contribution < 1.29 is 0 Å². The van der Waals surface area contributed by atoms with E-state index < -0.39 is 0 Å². The van der Waals surface area contributed by atoms with E-state index in [0.717, 1.165) is 0 Å². The fraction of sp³-hybridized carbons (Fsp3) is 0. The van der Waals surface area contributed by atoms with E-state index in [2.05, 4.69) is 121 Å². The maximum absolute atomic E-state index is 2.33. The predicted molar refractivity (Wildman–Crippen MR) is 131 cm³/mol. The third-order valence-electron chi connectivity index (χ3n) is 6.05. The van der Waals surface area contributed by atoms with E-state index in [9.17, 15) is 0 Å². The molecule has 0 aromatic heterocycles. The van der Waals surface area contributed by atoms with Gasteiger partial charge in [-0.1, -0.05) is 109 Å². The van der Waals surface area contributed by atoms with Crippen LogP contribution in [0.15, 0.2) is 109 Å². The third kappa shape index (κ3) is 2.69. The summed E-state index contributed by atoms with van der Waals surface area (Å²) in [5.41, 5.74) is 7.62. The zero-order valence-corrected chi connectivity index (χ0v) is 16.5. The minimum atomic E-state index is 1.26. The molecule has 0 N–H and O–H groups in total. The van der Waals surface area contributed by atoms with Crippen molar-refractivity contribution in [1.82, 2.24) is 0 Å². The van der Waals surface area contributed by atoms with Gasteiger partial charge in [0.1, 0.15) is 0 Å². The highest BCUT2D eigenvalue weighted by Crippen LogP contribution is 2.39. The van der Waals surface area contributed by atoms with Gasteiger partial charge in [0.25, 0.3) is 0 Å². The van der Waals surface area contributed by atoms with Crippen molar-refractivity contribution in [3.05, 3.63) is 132 Å². The van der Waals surface area contributed by atoms with E-state index in [0.29, 0.717) is 0 Å². The second-order valence-corrected chi connectivity index (χ2v) is 7.80. The van der Waals surface area contributed by atoms with Gasteiger partial charge in [0, 0.05) is 0 Å². The van der Waals surface area contributed by atoms with E-state index in [4.69, 9.17) is 0 Å². The molecular weight excluding hydrogens is 360 g/mol. The molecule has 140 valence electrons. The monoisotopic (exact) mass is 380 g/mol. The van der Waals surface area contributed by atoms with E-state index in [-0.39, 0.29) is 0 Å². The molecule has 0 nitrogen and oxygen atoms in total. The van der Waals surface area contributed by atoms with Gasteiger partial charge in [-0.2, -0.15) is 0 Å². The Morgan fingerprint density at radius 3 is 1.90 bits per heavy atom. The molecular formula is C30H20. The van der Waals surface area contributed by atoms with Crippen LogP contribution in [0.1, 0.15) is 22.3 Å². The Bertz CT molecular complexity index is 1450. The lowest BCUT2D eigenvalue weighted by Crippen LogP contribution is -1.94. The summed E-state index contributed by atoms with van der Waals surface area (Å²) >= 11 is 0. The Balaban J connectivity index is 1.69. The van der Waals surface area contributed by atoms with E-state index >= 15 is 0 Å². The second kappa shape index (κ2) is 6.86. The van der Waals surface area contributed by atoms with Crippen molar-refractivity contribution in [2.75, 3.05) is 0 Å². The highest BCUT2D eigenvalue weighted by molar-refractivity contribution is 6.08. The largest absolute Gasteiger partial charge is 0.0616 e. The van der Waals surface area contributed by atoms with Crippen molar-refractivity contribution in [2.45, 2.75) is 0 Å². The maximum atomic E-state index is 2.33. The van der Waals surface area contributed by atoms with Crippen LogP contribution in [0.5, 0.6) is 0 Å². The Hall–Kier alpha value is -3.90. The number of hydrogen-bond acceptors (Lipinski definition) is 0. The minimum Gasteiger partial charge on any atom is -0.0616 e. The summed E-state index contributed by atoms with van der Waals surface area (Å²) in [4.78, 5) is 0. The van der Waals surface area contributed by atoms with Crippen LogP contribution in [0.25, 0.3) is 44.8 Å². The zero-order valence-electron chi connectivity index (χ0n) is 16.5. The molecule has 0 unspecified atom stereocenters. The number of allylic oxidation sites excluding steroid dienone is 8. The van der Waals surface area contributed by atoms with Gasteiger partial charge < -0.3 is 0 Å². The van der Waals surface area contributed by atoms with Crippen LogP contribution >= 0.6 is 0 Å². The first kappa shape index (κ1) is 17.0. The van der Waals surface area contributed by atoms with Crippen LogP contribution in [-0.2, 0) is 0 Å². The Morgan fingerprint density at radius 2 is 1.07 bits per heavy atom. The number of rotatable bonds is 0. The molecule has 0 bridgehead atoms. The molecule has 4 aromatic carbocycles. The van der Waals surface area contributed by atoms with E-state index in [1.54, 1.807) is 0 Å². The van der Waals surface area contributed by atoms with Crippen LogP contribution < -0.4 is 0 Å². The van der Waals surface area contributed by atoms with Crippen LogP contribution in [0.4, 0.5) is 0 Å². The fourth-order valence-corrected chi connectivity index (χ4v) is 4.60. The lowest BCUT2D eigenvalue weighted by atomic mass is 9.87. The summed E-state index contributed by atoms with van der Waals surface area (Å²) in [5.74, 6) is 0. The predicted octanol–water partition coefficient (Wildman–Crippen LogP) is 8.07. The minimum absolute atomic E-state index is 1.26. The van der Waals surface area contributed by atoms with Crippen molar-refractivity contribution in [3.8, 4) is 0 Å². The molecule has 2 aliphatic rings. The van der Waals surface area contributed by atoms with Crippen LogP contribution in [0.3, 0.4) is 0 Å². The molecule has 0 spiro atoms. The van der Waals surface area contributed by atoms with Crippen LogP contribution in [0, 0.1) is 0 Å². The van der Waals surface area contributed by atoms with Crippen molar-refractivity contribution in [3.63, 3.8) is 0 Å². The SMILES string of the molecule is C1=C/C(=C2\C=CC=Cc3c2ccc2ccccc32)c2cc3ccccc3cc2C=C1. The van der Waals surface area contributed by atoms with E-state index in [1.165, 1.54) is 54.9 Å². The Morgan fingerprint density at radius 1 is 0.433 bits per heavy atom. The highest BCUT2D eigenvalue weighted by atomic mass is 14.2.